The van der Waals surface area contributed by atoms with Gasteiger partial charge in [-0.2, -0.15) is 4.98 Å². The molecule has 8 nitrogen and oxygen atoms in total. The first-order valence-electron chi connectivity index (χ1n) is 8.39. The van der Waals surface area contributed by atoms with Crippen LogP contribution in [0.3, 0.4) is 0 Å². The molecule has 1 aliphatic rings. The zero-order valence-corrected chi connectivity index (χ0v) is 16.7. The number of likely N-dealkylation sites (N-methyl/N-ethyl adjacent to an activating group) is 1. The number of benzene rings is 1. The van der Waals surface area contributed by atoms with Gasteiger partial charge in [-0.1, -0.05) is 5.16 Å². The fourth-order valence-electron chi connectivity index (χ4n) is 2.89. The smallest absolute Gasteiger partial charge is 0.250 e. The van der Waals surface area contributed by atoms with E-state index in [4.69, 9.17) is 18.7 Å². The van der Waals surface area contributed by atoms with E-state index in [9.17, 15) is 0 Å². The lowest BCUT2D eigenvalue weighted by atomic mass is 10.1. The van der Waals surface area contributed by atoms with E-state index >= 15 is 0 Å². The van der Waals surface area contributed by atoms with Gasteiger partial charge in [-0.05, 0) is 19.2 Å². The molecule has 0 spiro atoms. The van der Waals surface area contributed by atoms with Crippen molar-refractivity contribution >= 4 is 24.6 Å². The molecule has 9 heteroatoms. The highest BCUT2D eigenvalue weighted by atomic mass is 35.5. The van der Waals surface area contributed by atoms with Crippen molar-refractivity contribution in [2.24, 2.45) is 0 Å². The van der Waals surface area contributed by atoms with Gasteiger partial charge in [0.15, 0.2) is 17.3 Å². The van der Waals surface area contributed by atoms with Crippen LogP contribution in [-0.2, 0) is 0 Å². The fourth-order valence-corrected chi connectivity index (χ4v) is 2.89. The third-order valence-corrected chi connectivity index (χ3v) is 4.41. The molecule has 1 aliphatic heterocycles. The molecule has 1 N–H and O–H groups in total. The zero-order chi connectivity index (χ0) is 18.5. The summed E-state index contributed by atoms with van der Waals surface area (Å²) >= 11 is 0. The van der Waals surface area contributed by atoms with Gasteiger partial charge < -0.3 is 24.1 Å². The standard InChI is InChI=1S/C18H24N4O4.ClH/c1-22-8-7-19-11-13(22)18-20-17(26-21-18)6-5-12-9-15(24-3)16(25-4)10-14(12)23-2;/h5-6,9-10,13,19H,7-8,11H2,1-4H3;1H/b6-5+;. The molecule has 1 aromatic heterocycles. The van der Waals surface area contributed by atoms with Gasteiger partial charge in [-0.25, -0.2) is 0 Å². The van der Waals surface area contributed by atoms with Crippen LogP contribution in [0.2, 0.25) is 0 Å². The monoisotopic (exact) mass is 396 g/mol. The molecule has 2 aromatic rings. The summed E-state index contributed by atoms with van der Waals surface area (Å²) in [6, 6.07) is 3.73. The SMILES string of the molecule is COc1cc(OC)c(OC)cc1/C=C/c1nc(C2CNCCN2C)no1.Cl. The number of piperazine rings is 1. The molecule has 1 aromatic carbocycles. The minimum atomic E-state index is 0. The Balaban J connectivity index is 0.00000261. The van der Waals surface area contributed by atoms with E-state index in [-0.39, 0.29) is 18.4 Å². The van der Waals surface area contributed by atoms with Crippen LogP contribution in [-0.4, -0.2) is 63.1 Å². The van der Waals surface area contributed by atoms with Crippen molar-refractivity contribution < 1.29 is 18.7 Å². The van der Waals surface area contributed by atoms with Crippen molar-refractivity contribution in [2.75, 3.05) is 48.0 Å². The molecule has 1 fully saturated rings. The van der Waals surface area contributed by atoms with Gasteiger partial charge in [0.25, 0.3) is 5.89 Å². The maximum absolute atomic E-state index is 5.42. The number of ether oxygens (including phenoxy) is 3. The van der Waals surface area contributed by atoms with Gasteiger partial charge in [-0.3, -0.25) is 4.90 Å². The van der Waals surface area contributed by atoms with E-state index < -0.39 is 0 Å². The Kier molecular flexibility index (Phi) is 7.46. The Bertz CT molecular complexity index is 781. The van der Waals surface area contributed by atoms with E-state index in [1.165, 1.54) is 0 Å². The van der Waals surface area contributed by atoms with Crippen LogP contribution in [0.25, 0.3) is 12.2 Å². The predicted octanol–water partition coefficient (Wildman–Crippen LogP) is 2.26. The van der Waals surface area contributed by atoms with Crippen molar-refractivity contribution in [3.05, 3.63) is 29.4 Å². The summed E-state index contributed by atoms with van der Waals surface area (Å²) in [6.07, 6.45) is 3.61. The molecule has 0 saturated carbocycles. The molecule has 0 bridgehead atoms. The van der Waals surface area contributed by atoms with Gasteiger partial charge in [-0.15, -0.1) is 12.4 Å². The molecular weight excluding hydrogens is 372 g/mol. The fraction of sp³-hybridized carbons (Fsp3) is 0.444. The number of hydrogen-bond acceptors (Lipinski definition) is 8. The normalized spacial score (nSPS) is 17.6. The number of methoxy groups -OCH3 is 3. The lowest BCUT2D eigenvalue weighted by Gasteiger charge is -2.30. The highest BCUT2D eigenvalue weighted by Crippen LogP contribution is 2.35. The average molecular weight is 397 g/mol. The largest absolute Gasteiger partial charge is 0.496 e. The minimum Gasteiger partial charge on any atom is -0.496 e. The van der Waals surface area contributed by atoms with Crippen LogP contribution >= 0.6 is 12.4 Å². The molecule has 3 rings (SSSR count). The molecule has 148 valence electrons. The van der Waals surface area contributed by atoms with Crippen molar-refractivity contribution in [3.63, 3.8) is 0 Å². The molecule has 0 amide bonds. The lowest BCUT2D eigenvalue weighted by molar-refractivity contribution is 0.190. The highest BCUT2D eigenvalue weighted by molar-refractivity contribution is 5.85. The van der Waals surface area contributed by atoms with Gasteiger partial charge >= 0.3 is 0 Å². The third kappa shape index (κ3) is 4.71. The maximum Gasteiger partial charge on any atom is 0.250 e. The third-order valence-electron chi connectivity index (χ3n) is 4.41. The maximum atomic E-state index is 5.42. The minimum absolute atomic E-state index is 0. The number of rotatable bonds is 6. The average Bonchev–Trinajstić information content (AvgIpc) is 3.14. The van der Waals surface area contributed by atoms with E-state index in [0.29, 0.717) is 29.0 Å². The van der Waals surface area contributed by atoms with Crippen LogP contribution in [0, 0.1) is 0 Å². The van der Waals surface area contributed by atoms with Crippen LogP contribution in [0.1, 0.15) is 23.3 Å². The van der Waals surface area contributed by atoms with Gasteiger partial charge in [0.2, 0.25) is 0 Å². The van der Waals surface area contributed by atoms with Crippen LogP contribution in [0.5, 0.6) is 17.2 Å². The van der Waals surface area contributed by atoms with Crippen molar-refractivity contribution in [1.82, 2.24) is 20.4 Å². The van der Waals surface area contributed by atoms with Crippen molar-refractivity contribution in [2.45, 2.75) is 6.04 Å². The molecular formula is C18H25ClN4O4. The molecule has 1 saturated heterocycles. The summed E-state index contributed by atoms with van der Waals surface area (Å²) in [5.41, 5.74) is 0.821. The first-order chi connectivity index (χ1) is 12.7. The van der Waals surface area contributed by atoms with Crippen LogP contribution in [0.4, 0.5) is 0 Å². The summed E-state index contributed by atoms with van der Waals surface area (Å²) in [5.74, 6) is 3.01. The van der Waals surface area contributed by atoms with Crippen LogP contribution in [0.15, 0.2) is 16.7 Å². The Hall–Kier alpha value is -2.29. The number of aromatic nitrogens is 2. The topological polar surface area (TPSA) is 81.9 Å². The summed E-state index contributed by atoms with van der Waals surface area (Å²) < 4.78 is 21.4. The van der Waals surface area contributed by atoms with E-state index in [2.05, 4.69) is 27.4 Å². The summed E-state index contributed by atoms with van der Waals surface area (Å²) in [5, 5.41) is 7.46. The van der Waals surface area contributed by atoms with Crippen molar-refractivity contribution in [3.8, 4) is 17.2 Å². The Morgan fingerprint density at radius 1 is 1.11 bits per heavy atom. The van der Waals surface area contributed by atoms with Gasteiger partial charge in [0.1, 0.15) is 5.75 Å². The Morgan fingerprint density at radius 2 is 1.81 bits per heavy atom. The second-order valence-corrected chi connectivity index (χ2v) is 5.97. The Morgan fingerprint density at radius 3 is 2.48 bits per heavy atom. The number of hydrogen-bond donors (Lipinski definition) is 1. The van der Waals surface area contributed by atoms with Gasteiger partial charge in [0.05, 0.1) is 27.4 Å². The predicted molar refractivity (Wildman–Crippen MR) is 105 cm³/mol. The second-order valence-electron chi connectivity index (χ2n) is 5.97. The molecule has 2 heterocycles. The van der Waals surface area contributed by atoms with Crippen molar-refractivity contribution in [1.29, 1.82) is 0 Å². The summed E-state index contributed by atoms with van der Waals surface area (Å²) in [4.78, 5) is 6.70. The molecule has 1 atom stereocenters. The first-order valence-corrected chi connectivity index (χ1v) is 8.39. The molecule has 1 unspecified atom stereocenters. The zero-order valence-electron chi connectivity index (χ0n) is 15.9. The molecule has 0 aliphatic carbocycles. The Labute approximate surface area is 164 Å². The van der Waals surface area contributed by atoms with Gasteiger partial charge in [0, 0.05) is 37.3 Å². The molecule has 0 radical (unpaired) electrons. The number of halogens is 1. The van der Waals surface area contributed by atoms with E-state index in [0.717, 1.165) is 25.2 Å². The quantitative estimate of drug-likeness (QED) is 0.796. The van der Waals surface area contributed by atoms with E-state index in [1.54, 1.807) is 33.5 Å². The summed E-state index contributed by atoms with van der Waals surface area (Å²) in [6.45, 7) is 2.73. The number of nitrogens with one attached hydrogen (secondary N) is 1. The molecule has 27 heavy (non-hydrogen) atoms. The van der Waals surface area contributed by atoms with E-state index in [1.807, 2.05) is 12.1 Å². The van der Waals surface area contributed by atoms with Crippen LogP contribution < -0.4 is 19.5 Å². The summed E-state index contributed by atoms with van der Waals surface area (Å²) in [7, 11) is 6.85. The first kappa shape index (κ1) is 21.0. The lowest BCUT2D eigenvalue weighted by Crippen LogP contribution is -2.44. The second kappa shape index (κ2) is 9.59. The highest BCUT2D eigenvalue weighted by Gasteiger charge is 2.24. The number of nitrogens with zero attached hydrogens (tertiary/aromatic N) is 3.